The Kier molecular flexibility index (Phi) is 19.9. The van der Waals surface area contributed by atoms with Gasteiger partial charge in [0, 0.05) is 56.5 Å². The molecule has 24 nitrogen and oxygen atoms in total. The molecule has 8 N–H and O–H groups in total. The highest BCUT2D eigenvalue weighted by molar-refractivity contribution is 6.26. The number of hydroxylamine groups is 2. The van der Waals surface area contributed by atoms with Crippen molar-refractivity contribution >= 4 is 23.8 Å². The van der Waals surface area contributed by atoms with Gasteiger partial charge in [-0.3, -0.25) is 9.59 Å². The molecule has 24 heteroatoms. The second-order valence-corrected chi connectivity index (χ2v) is 26.3. The molecule has 7 fully saturated rings. The number of ketones is 1. The molecule has 0 radical (unpaired) electrons. The number of carbonyl (C=O) groups excluding carboxylic acids is 4. The SMILES string of the molecule is COC(=O)NC1C(C)OC(OC2CC=C(C)C3C=CC4C(OC5CC(OC6CCC(OC7CC(O)C(O)C(C)O7)C(C)O6)C(OC(C)=O)C(C)O5)C(C)CC(C)C4C3(C)C(O)=C3C(=O)OC4(CC(CO)CC(O)C4C=C2C)C3=O)CC1(C)[NH+]([O-])O. The fourth-order valence-electron chi connectivity index (χ4n) is 16.0. The highest BCUT2D eigenvalue weighted by atomic mass is 16.8. The molecule has 85 heavy (non-hydrogen) atoms. The van der Waals surface area contributed by atoms with Crippen LogP contribution in [0.5, 0.6) is 0 Å². The molecule has 1 amide bonds. The van der Waals surface area contributed by atoms with Gasteiger partial charge in [0.15, 0.2) is 42.4 Å². The minimum absolute atomic E-state index is 0.0636. The Morgan fingerprint density at radius 2 is 1.45 bits per heavy atom. The van der Waals surface area contributed by atoms with Crippen molar-refractivity contribution in [2.24, 2.45) is 46.8 Å². The third kappa shape index (κ3) is 12.7. The molecule has 28 unspecified atom stereocenters. The van der Waals surface area contributed by atoms with Gasteiger partial charge in [-0.2, -0.15) is 0 Å². The van der Waals surface area contributed by atoms with Gasteiger partial charge in [0.1, 0.15) is 29.6 Å². The number of ether oxygens (including phenoxy) is 11. The van der Waals surface area contributed by atoms with Crippen LogP contribution >= 0.6 is 0 Å². The first kappa shape index (κ1) is 65.5. The first-order chi connectivity index (χ1) is 40.0. The molecule has 0 aromatic carbocycles. The number of aliphatic hydroxyl groups is 5. The van der Waals surface area contributed by atoms with Crippen LogP contribution in [0.4, 0.5) is 4.79 Å². The summed E-state index contributed by atoms with van der Waals surface area (Å²) >= 11 is 0. The van der Waals surface area contributed by atoms with E-state index in [2.05, 4.69) is 25.2 Å². The molecule has 0 aromatic rings. The van der Waals surface area contributed by atoms with Crippen molar-refractivity contribution in [2.75, 3.05) is 13.7 Å². The van der Waals surface area contributed by atoms with Crippen molar-refractivity contribution in [1.29, 1.82) is 0 Å². The first-order valence-corrected chi connectivity index (χ1v) is 30.4. The van der Waals surface area contributed by atoms with Gasteiger partial charge in [0.25, 0.3) is 0 Å². The van der Waals surface area contributed by atoms with Crippen LogP contribution in [0.15, 0.2) is 46.8 Å². The number of Topliss-reactive ketones (excluding diaryl/α,β-unsaturated/α-hetero) is 1. The van der Waals surface area contributed by atoms with Gasteiger partial charge in [-0.25, -0.2) is 20.0 Å². The standard InChI is InChI=1S/C61H92N2O22/c1-27-13-16-42(81-48-25-59(10,63(73)74)54(34(8)79-48)62-58(72)75-12)28(2)20-39-40(66)21-36(26-64)24-61(39)56(70)49(57(71)85-61)55(69)60(11)38(27)15-14-37-50(60)29(3)19-30(4)52(37)84-47-23-44(53(33(7)78-47)80-35(9)65)83-45-18-17-43(31(5)76-45)82-46-22-41(67)51(68)32(6)77-46/h13-15,20,29-34,36-48,50-54,63-64,66-69,73H,16-19,21-26H2,1-12H3,(H,62,72). The van der Waals surface area contributed by atoms with Crippen molar-refractivity contribution in [3.05, 3.63) is 52.0 Å². The maximum absolute atomic E-state index is 15.6. The minimum Gasteiger partial charge on any atom is -0.600 e. The van der Waals surface area contributed by atoms with Crippen molar-refractivity contribution < 1.29 is 107 Å². The second-order valence-electron chi connectivity index (χ2n) is 26.3. The Balaban J connectivity index is 1.03. The van der Waals surface area contributed by atoms with E-state index in [-0.39, 0.29) is 50.4 Å². The van der Waals surface area contributed by atoms with Crippen LogP contribution in [-0.4, -0.2) is 184 Å². The van der Waals surface area contributed by atoms with Crippen LogP contribution < -0.4 is 10.5 Å². The molecule has 2 bridgehead atoms. The monoisotopic (exact) mass is 1200 g/mol. The third-order valence-electron chi connectivity index (χ3n) is 20.4. The van der Waals surface area contributed by atoms with E-state index in [1.165, 1.54) is 21.0 Å². The van der Waals surface area contributed by atoms with E-state index in [9.17, 15) is 50.3 Å². The molecule has 28 atom stereocenters. The number of amides is 1. The highest BCUT2D eigenvalue weighted by Gasteiger charge is 2.65. The largest absolute Gasteiger partial charge is 0.600 e. The Morgan fingerprint density at radius 3 is 2.11 bits per heavy atom. The number of nitrogens with one attached hydrogen (secondary N) is 2. The second kappa shape index (κ2) is 25.9. The lowest BCUT2D eigenvalue weighted by Gasteiger charge is -2.56. The summed E-state index contributed by atoms with van der Waals surface area (Å²) in [6.45, 7) is 19.0. The van der Waals surface area contributed by atoms with Gasteiger partial charge in [-0.05, 0) is 103 Å². The van der Waals surface area contributed by atoms with Crippen LogP contribution in [0, 0.1) is 52.0 Å². The average Bonchev–Trinajstić information content (AvgIpc) is 1.74. The van der Waals surface area contributed by atoms with Crippen molar-refractivity contribution in [2.45, 2.75) is 250 Å². The number of allylic oxidation sites excluding steroid dienone is 3. The maximum atomic E-state index is 15.6. The zero-order valence-corrected chi connectivity index (χ0v) is 51.0. The molecule has 478 valence electrons. The maximum Gasteiger partial charge on any atom is 0.407 e. The molecule has 5 saturated heterocycles. The molecule has 5 aliphatic heterocycles. The molecular formula is C61H92N2O22. The number of quaternary nitrogens is 1. The van der Waals surface area contributed by atoms with Gasteiger partial charge in [-0.15, -0.1) is 0 Å². The fraction of sp³-hybridized carbons (Fsp3) is 0.803. The number of aliphatic hydroxyl groups excluding tert-OH is 5. The Hall–Kier alpha value is -3.96. The Labute approximate surface area is 496 Å². The third-order valence-corrected chi connectivity index (χ3v) is 20.4. The lowest BCUT2D eigenvalue weighted by atomic mass is 9.49. The summed E-state index contributed by atoms with van der Waals surface area (Å²) in [6, 6.07) is -1.01. The Morgan fingerprint density at radius 1 is 0.776 bits per heavy atom. The van der Waals surface area contributed by atoms with Gasteiger partial charge >= 0.3 is 18.0 Å². The van der Waals surface area contributed by atoms with Gasteiger partial charge in [0.05, 0.1) is 74.4 Å². The number of esters is 2. The van der Waals surface area contributed by atoms with Crippen LogP contribution in [0.25, 0.3) is 0 Å². The van der Waals surface area contributed by atoms with E-state index in [1.54, 1.807) is 33.8 Å². The number of hydrogen-bond acceptors (Lipinski definition) is 22. The summed E-state index contributed by atoms with van der Waals surface area (Å²) in [5.41, 5.74) is -4.29. The summed E-state index contributed by atoms with van der Waals surface area (Å²) in [4.78, 5) is 55.4. The molecule has 2 saturated carbocycles. The normalized spacial score (nSPS) is 47.2. The molecule has 4 aliphatic carbocycles. The Bertz CT molecular complexity index is 2570. The zero-order valence-electron chi connectivity index (χ0n) is 51.0. The molecule has 9 aliphatic rings. The quantitative estimate of drug-likeness (QED) is 0.0453. The fourth-order valence-corrected chi connectivity index (χ4v) is 16.0. The number of hydrogen-bond donors (Lipinski definition) is 8. The lowest BCUT2D eigenvalue weighted by Crippen LogP contribution is -3.17. The highest BCUT2D eigenvalue weighted by Crippen LogP contribution is 2.61. The van der Waals surface area contributed by atoms with Crippen LogP contribution in [0.1, 0.15) is 134 Å². The number of fused-ring (bicyclic) bond motifs is 4. The summed E-state index contributed by atoms with van der Waals surface area (Å²) in [5.74, 6) is -6.54. The average molecular weight is 1210 g/mol. The van der Waals surface area contributed by atoms with Gasteiger partial charge < -0.3 is 88.2 Å². The van der Waals surface area contributed by atoms with Crippen LogP contribution in [-0.2, 0) is 66.5 Å². The zero-order chi connectivity index (χ0) is 61.9. The molecule has 1 spiro atoms. The van der Waals surface area contributed by atoms with E-state index in [0.29, 0.717) is 24.8 Å². The number of methoxy groups -OCH3 is 1. The molecule has 5 heterocycles. The van der Waals surface area contributed by atoms with Crippen LogP contribution in [0.2, 0.25) is 0 Å². The van der Waals surface area contributed by atoms with E-state index in [1.807, 2.05) is 32.9 Å². The van der Waals surface area contributed by atoms with E-state index in [0.717, 1.165) is 5.57 Å². The topological polar surface area (TPSA) is 331 Å². The summed E-state index contributed by atoms with van der Waals surface area (Å²) in [7, 11) is 1.18. The number of carbonyl (C=O) groups is 4. The summed E-state index contributed by atoms with van der Waals surface area (Å²) in [5, 5.41) is 81.6. The van der Waals surface area contributed by atoms with Gasteiger partial charge in [0.2, 0.25) is 5.78 Å². The van der Waals surface area contributed by atoms with Crippen molar-refractivity contribution in [3.8, 4) is 0 Å². The smallest absolute Gasteiger partial charge is 0.407 e. The minimum atomic E-state index is -2.04. The predicted molar refractivity (Wildman–Crippen MR) is 297 cm³/mol. The summed E-state index contributed by atoms with van der Waals surface area (Å²) in [6.07, 6.45) is -4.42. The predicted octanol–water partition coefficient (Wildman–Crippen LogP) is 3.82. The molecule has 9 rings (SSSR count). The summed E-state index contributed by atoms with van der Waals surface area (Å²) < 4.78 is 68.9. The van der Waals surface area contributed by atoms with Crippen molar-refractivity contribution in [1.82, 2.24) is 5.32 Å². The van der Waals surface area contributed by atoms with E-state index < -0.39 is 198 Å². The van der Waals surface area contributed by atoms with E-state index in [4.69, 9.17) is 52.1 Å². The lowest BCUT2D eigenvalue weighted by molar-refractivity contribution is -1.09. The van der Waals surface area contributed by atoms with Crippen LogP contribution in [0.3, 0.4) is 0 Å². The molecule has 0 aromatic heterocycles. The van der Waals surface area contributed by atoms with E-state index >= 15 is 4.79 Å². The van der Waals surface area contributed by atoms with Crippen molar-refractivity contribution in [3.63, 3.8) is 0 Å². The molecular weight excluding hydrogens is 1110 g/mol. The number of alkyl carbamates (subject to hydrolysis) is 1. The number of rotatable bonds is 12. The first-order valence-electron chi connectivity index (χ1n) is 30.4. The van der Waals surface area contributed by atoms with Gasteiger partial charge in [-0.1, -0.05) is 50.6 Å².